The molecular weight excluding hydrogens is 294 g/mol. The third-order valence-electron chi connectivity index (χ3n) is 2.89. The number of fused-ring (bicyclic) bond motifs is 1. The van der Waals surface area contributed by atoms with Crippen LogP contribution in [-0.4, -0.2) is 26.7 Å². The Kier molecular flexibility index (Phi) is 3.85. The molecule has 7 nitrogen and oxygen atoms in total. The molecule has 2 rings (SSSR count). The van der Waals surface area contributed by atoms with E-state index in [2.05, 4.69) is 5.32 Å². The molecule has 0 aromatic heterocycles. The SMILES string of the molecule is CC(C)(C)OC(=O)Nc1ccc2c(c1)N(S(N)(=O)=O)CC2. The van der Waals surface area contributed by atoms with Crippen molar-refractivity contribution in [3.63, 3.8) is 0 Å². The second kappa shape index (κ2) is 5.19. The molecule has 1 aliphatic rings. The number of hydrogen-bond acceptors (Lipinski definition) is 4. The van der Waals surface area contributed by atoms with Crippen LogP contribution < -0.4 is 14.8 Å². The zero-order valence-corrected chi connectivity index (χ0v) is 13.0. The summed E-state index contributed by atoms with van der Waals surface area (Å²) >= 11 is 0. The van der Waals surface area contributed by atoms with Crippen LogP contribution in [0.4, 0.5) is 16.2 Å². The summed E-state index contributed by atoms with van der Waals surface area (Å²) in [7, 11) is -3.80. The van der Waals surface area contributed by atoms with Gasteiger partial charge in [0, 0.05) is 12.2 Å². The summed E-state index contributed by atoms with van der Waals surface area (Å²) < 4.78 is 29.3. The van der Waals surface area contributed by atoms with E-state index in [1.165, 1.54) is 0 Å². The van der Waals surface area contributed by atoms with Crippen molar-refractivity contribution in [2.24, 2.45) is 5.14 Å². The van der Waals surface area contributed by atoms with Gasteiger partial charge in [-0.15, -0.1) is 0 Å². The first-order valence-corrected chi connectivity index (χ1v) is 8.00. The largest absolute Gasteiger partial charge is 0.444 e. The van der Waals surface area contributed by atoms with Gasteiger partial charge in [-0.05, 0) is 44.9 Å². The normalized spacial score (nSPS) is 14.8. The number of nitrogens with zero attached hydrogens (tertiary/aromatic N) is 1. The third kappa shape index (κ3) is 3.85. The van der Waals surface area contributed by atoms with E-state index in [-0.39, 0.29) is 0 Å². The highest BCUT2D eigenvalue weighted by atomic mass is 32.2. The Hall–Kier alpha value is -1.80. The van der Waals surface area contributed by atoms with Crippen molar-refractivity contribution < 1.29 is 17.9 Å². The smallest absolute Gasteiger partial charge is 0.412 e. The second-order valence-electron chi connectivity index (χ2n) is 5.84. The van der Waals surface area contributed by atoms with Crippen LogP contribution in [0.1, 0.15) is 26.3 Å². The average Bonchev–Trinajstić information content (AvgIpc) is 2.68. The zero-order chi connectivity index (χ0) is 15.8. The predicted molar refractivity (Wildman–Crippen MR) is 80.5 cm³/mol. The minimum Gasteiger partial charge on any atom is -0.444 e. The molecule has 0 saturated carbocycles. The summed E-state index contributed by atoms with van der Waals surface area (Å²) in [5, 5.41) is 7.75. The van der Waals surface area contributed by atoms with Crippen molar-refractivity contribution in [1.82, 2.24) is 0 Å². The lowest BCUT2D eigenvalue weighted by Crippen LogP contribution is -2.35. The predicted octanol–water partition coefficient (Wildman–Crippen LogP) is 1.60. The molecular formula is C13H19N3O4S. The number of carbonyl (C=O) groups is 1. The molecule has 21 heavy (non-hydrogen) atoms. The molecule has 1 aromatic rings. The van der Waals surface area contributed by atoms with Gasteiger partial charge >= 0.3 is 6.09 Å². The van der Waals surface area contributed by atoms with Gasteiger partial charge in [-0.1, -0.05) is 6.07 Å². The molecule has 0 aliphatic carbocycles. The molecule has 8 heteroatoms. The average molecular weight is 313 g/mol. The Morgan fingerprint density at radius 1 is 1.38 bits per heavy atom. The van der Waals surface area contributed by atoms with E-state index >= 15 is 0 Å². The van der Waals surface area contributed by atoms with E-state index in [0.29, 0.717) is 24.3 Å². The fourth-order valence-electron chi connectivity index (χ4n) is 2.11. The van der Waals surface area contributed by atoms with Gasteiger partial charge < -0.3 is 4.74 Å². The summed E-state index contributed by atoms with van der Waals surface area (Å²) in [6, 6.07) is 5.05. The molecule has 0 fully saturated rings. The highest BCUT2D eigenvalue weighted by molar-refractivity contribution is 7.90. The van der Waals surface area contributed by atoms with Gasteiger partial charge in [-0.25, -0.2) is 9.93 Å². The van der Waals surface area contributed by atoms with Crippen LogP contribution in [0.5, 0.6) is 0 Å². The maximum Gasteiger partial charge on any atom is 0.412 e. The third-order valence-corrected chi connectivity index (χ3v) is 3.88. The summed E-state index contributed by atoms with van der Waals surface area (Å²) in [5.41, 5.74) is 1.22. The van der Waals surface area contributed by atoms with E-state index < -0.39 is 21.9 Å². The molecule has 0 radical (unpaired) electrons. The molecule has 0 spiro atoms. The molecule has 3 N–H and O–H groups in total. The molecule has 0 saturated heterocycles. The quantitative estimate of drug-likeness (QED) is 0.865. The Bertz CT molecular complexity index is 664. The van der Waals surface area contributed by atoms with Crippen LogP contribution in [0.15, 0.2) is 18.2 Å². The molecule has 0 unspecified atom stereocenters. The Labute approximate surface area is 124 Å². The van der Waals surface area contributed by atoms with Crippen molar-refractivity contribution >= 4 is 27.7 Å². The molecule has 1 heterocycles. The highest BCUT2D eigenvalue weighted by Crippen LogP contribution is 2.32. The van der Waals surface area contributed by atoms with Crippen molar-refractivity contribution in [3.05, 3.63) is 23.8 Å². The number of anilines is 2. The lowest BCUT2D eigenvalue weighted by atomic mass is 10.1. The van der Waals surface area contributed by atoms with Gasteiger partial charge in [-0.2, -0.15) is 8.42 Å². The number of benzene rings is 1. The minimum atomic E-state index is -3.80. The fraction of sp³-hybridized carbons (Fsp3) is 0.462. The molecule has 1 aromatic carbocycles. The van der Waals surface area contributed by atoms with E-state index in [4.69, 9.17) is 9.88 Å². The first-order chi connectivity index (χ1) is 9.56. The summed E-state index contributed by atoms with van der Waals surface area (Å²) in [6.07, 6.45) is 0.000903. The lowest BCUT2D eigenvalue weighted by Gasteiger charge is -2.20. The number of ether oxygens (including phenoxy) is 1. The van der Waals surface area contributed by atoms with E-state index in [1.54, 1.807) is 39.0 Å². The van der Waals surface area contributed by atoms with Crippen molar-refractivity contribution in [2.45, 2.75) is 32.8 Å². The van der Waals surface area contributed by atoms with E-state index in [1.807, 2.05) is 0 Å². The van der Waals surface area contributed by atoms with Crippen LogP contribution in [0.25, 0.3) is 0 Å². The number of nitrogens with two attached hydrogens (primary N) is 1. The number of nitrogens with one attached hydrogen (secondary N) is 1. The molecule has 1 amide bonds. The zero-order valence-electron chi connectivity index (χ0n) is 12.2. The van der Waals surface area contributed by atoms with Crippen LogP contribution in [0, 0.1) is 0 Å². The van der Waals surface area contributed by atoms with Gasteiger partial charge in [-0.3, -0.25) is 9.62 Å². The Morgan fingerprint density at radius 2 is 2.05 bits per heavy atom. The monoisotopic (exact) mass is 313 g/mol. The number of rotatable bonds is 2. The molecule has 0 bridgehead atoms. The molecule has 116 valence electrons. The fourth-order valence-corrected chi connectivity index (χ4v) is 2.90. The van der Waals surface area contributed by atoms with Crippen LogP contribution >= 0.6 is 0 Å². The minimum absolute atomic E-state index is 0.310. The number of hydrogen-bond donors (Lipinski definition) is 2. The standard InChI is InChI=1S/C13H19N3O4S/c1-13(2,3)20-12(17)15-10-5-4-9-6-7-16(11(9)8-10)21(14,18)19/h4-5,8H,6-7H2,1-3H3,(H,15,17)(H2,14,18,19). The first kappa shape index (κ1) is 15.6. The van der Waals surface area contributed by atoms with E-state index in [0.717, 1.165) is 9.87 Å². The van der Waals surface area contributed by atoms with Crippen LogP contribution in [0.2, 0.25) is 0 Å². The maximum absolute atomic E-state index is 11.7. The molecule has 1 aliphatic heterocycles. The Balaban J connectivity index is 2.20. The summed E-state index contributed by atoms with van der Waals surface area (Å²) in [4.78, 5) is 11.7. The van der Waals surface area contributed by atoms with Gasteiger partial charge in [0.05, 0.1) is 5.69 Å². The summed E-state index contributed by atoms with van der Waals surface area (Å²) in [6.45, 7) is 5.60. The number of amides is 1. The van der Waals surface area contributed by atoms with Crippen molar-refractivity contribution in [3.8, 4) is 0 Å². The summed E-state index contributed by atoms with van der Waals surface area (Å²) in [5.74, 6) is 0. The lowest BCUT2D eigenvalue weighted by molar-refractivity contribution is 0.0636. The second-order valence-corrected chi connectivity index (χ2v) is 7.31. The van der Waals surface area contributed by atoms with E-state index in [9.17, 15) is 13.2 Å². The molecule has 0 atom stereocenters. The van der Waals surface area contributed by atoms with Gasteiger partial charge in [0.1, 0.15) is 5.60 Å². The van der Waals surface area contributed by atoms with Gasteiger partial charge in [0.15, 0.2) is 0 Å². The number of carbonyl (C=O) groups excluding carboxylic acids is 1. The van der Waals surface area contributed by atoms with Crippen LogP contribution in [0.3, 0.4) is 0 Å². The van der Waals surface area contributed by atoms with Crippen molar-refractivity contribution in [2.75, 3.05) is 16.2 Å². The van der Waals surface area contributed by atoms with Gasteiger partial charge in [0.25, 0.3) is 10.2 Å². The van der Waals surface area contributed by atoms with Crippen LogP contribution in [-0.2, 0) is 21.4 Å². The highest BCUT2D eigenvalue weighted by Gasteiger charge is 2.27. The van der Waals surface area contributed by atoms with Gasteiger partial charge in [0.2, 0.25) is 0 Å². The first-order valence-electron chi connectivity index (χ1n) is 6.50. The Morgan fingerprint density at radius 3 is 2.62 bits per heavy atom. The van der Waals surface area contributed by atoms with Crippen molar-refractivity contribution in [1.29, 1.82) is 0 Å². The topological polar surface area (TPSA) is 102 Å². The maximum atomic E-state index is 11.7.